The van der Waals surface area contributed by atoms with E-state index < -0.39 is 0 Å². The highest BCUT2D eigenvalue weighted by Gasteiger charge is 2.30. The molecule has 1 fully saturated rings. The molecule has 114 valence electrons. The first-order chi connectivity index (χ1) is 9.99. The summed E-state index contributed by atoms with van der Waals surface area (Å²) in [6, 6.07) is 7.66. The molecule has 2 rings (SSSR count). The predicted molar refractivity (Wildman–Crippen MR) is 83.3 cm³/mol. The first kappa shape index (κ1) is 15.7. The lowest BCUT2D eigenvalue weighted by Crippen LogP contribution is -2.48. The molecule has 2 atom stereocenters. The number of rotatable bonds is 4. The molecule has 0 radical (unpaired) electrons. The molecule has 1 N–H and O–H groups in total. The summed E-state index contributed by atoms with van der Waals surface area (Å²) in [6.45, 7) is 5.17. The lowest BCUT2D eigenvalue weighted by Gasteiger charge is -2.35. The Bertz CT molecular complexity index is 510. The molecule has 0 saturated carbocycles. The summed E-state index contributed by atoms with van der Waals surface area (Å²) in [6.07, 6.45) is 1.93. The number of aryl methyl sites for hydroxylation is 1. The van der Waals surface area contributed by atoms with E-state index in [0.717, 1.165) is 24.9 Å². The van der Waals surface area contributed by atoms with Crippen molar-refractivity contribution in [2.45, 2.75) is 32.7 Å². The van der Waals surface area contributed by atoms with Crippen molar-refractivity contribution in [3.63, 3.8) is 0 Å². The second kappa shape index (κ2) is 6.85. The number of nitrogens with zero attached hydrogens (tertiary/aromatic N) is 1. The van der Waals surface area contributed by atoms with Gasteiger partial charge in [0.2, 0.25) is 5.91 Å². The zero-order valence-corrected chi connectivity index (χ0v) is 13.1. The lowest BCUT2D eigenvalue weighted by atomic mass is 9.90. The van der Waals surface area contributed by atoms with E-state index in [9.17, 15) is 9.59 Å². The second-order valence-corrected chi connectivity index (χ2v) is 5.98. The molecule has 0 aliphatic carbocycles. The maximum Gasteiger partial charge on any atom is 0.225 e. The number of ketones is 1. The van der Waals surface area contributed by atoms with Gasteiger partial charge in [-0.25, -0.2) is 0 Å². The zero-order valence-electron chi connectivity index (χ0n) is 13.1. The molecule has 0 aromatic heterocycles. The van der Waals surface area contributed by atoms with Crippen LogP contribution >= 0.6 is 0 Å². The fourth-order valence-corrected chi connectivity index (χ4v) is 2.80. The summed E-state index contributed by atoms with van der Waals surface area (Å²) in [5.41, 5.74) is 1.77. The molecular formula is C17H24N2O2. The van der Waals surface area contributed by atoms with Gasteiger partial charge in [0.25, 0.3) is 0 Å². The third-order valence-corrected chi connectivity index (χ3v) is 4.44. The lowest BCUT2D eigenvalue weighted by molar-refractivity contribution is -0.128. The molecule has 0 spiro atoms. The minimum Gasteiger partial charge on any atom is -0.348 e. The molecule has 1 saturated heterocycles. The van der Waals surface area contributed by atoms with Gasteiger partial charge in [0.15, 0.2) is 5.78 Å². The minimum atomic E-state index is -0.0415. The monoisotopic (exact) mass is 288 g/mol. The topological polar surface area (TPSA) is 49.4 Å². The van der Waals surface area contributed by atoms with E-state index in [2.05, 4.69) is 17.1 Å². The van der Waals surface area contributed by atoms with E-state index in [4.69, 9.17) is 0 Å². The second-order valence-electron chi connectivity index (χ2n) is 5.98. The van der Waals surface area contributed by atoms with Crippen molar-refractivity contribution in [2.24, 2.45) is 5.92 Å². The first-order valence-electron chi connectivity index (χ1n) is 7.57. The van der Waals surface area contributed by atoms with Gasteiger partial charge in [0, 0.05) is 11.6 Å². The smallest absolute Gasteiger partial charge is 0.225 e. The number of carbonyl (C=O) groups excluding carboxylic acids is 2. The average Bonchev–Trinajstić information content (AvgIpc) is 2.48. The largest absolute Gasteiger partial charge is 0.348 e. The fraction of sp³-hybridized carbons (Fsp3) is 0.529. The maximum atomic E-state index is 12.3. The molecule has 1 aliphatic heterocycles. The van der Waals surface area contributed by atoms with Crippen molar-refractivity contribution in [1.29, 1.82) is 0 Å². The van der Waals surface area contributed by atoms with Crippen molar-refractivity contribution >= 4 is 11.7 Å². The van der Waals surface area contributed by atoms with Crippen LogP contribution in [0.5, 0.6) is 0 Å². The number of hydrogen-bond donors (Lipinski definition) is 1. The van der Waals surface area contributed by atoms with Gasteiger partial charge >= 0.3 is 0 Å². The Kier molecular flexibility index (Phi) is 5.12. The van der Waals surface area contributed by atoms with Crippen LogP contribution in [0, 0.1) is 12.8 Å². The summed E-state index contributed by atoms with van der Waals surface area (Å²) in [4.78, 5) is 26.5. The number of nitrogens with one attached hydrogen (secondary N) is 1. The molecule has 1 amide bonds. The molecule has 1 aliphatic rings. The Morgan fingerprint density at radius 2 is 1.95 bits per heavy atom. The van der Waals surface area contributed by atoms with Crippen LogP contribution in [0.4, 0.5) is 0 Å². The zero-order chi connectivity index (χ0) is 15.4. The Morgan fingerprint density at radius 1 is 1.29 bits per heavy atom. The molecule has 1 aromatic carbocycles. The number of hydrogen-bond acceptors (Lipinski definition) is 3. The number of amides is 1. The SMILES string of the molecule is Cc1ccc(C(=O)CNC(=O)[C@@H]2CCCN(C)[C@@H]2C)cc1. The van der Waals surface area contributed by atoms with Gasteiger partial charge in [-0.15, -0.1) is 0 Å². The van der Waals surface area contributed by atoms with Crippen LogP contribution in [0.15, 0.2) is 24.3 Å². The van der Waals surface area contributed by atoms with E-state index >= 15 is 0 Å². The van der Waals surface area contributed by atoms with Gasteiger partial charge in [0.1, 0.15) is 0 Å². The summed E-state index contributed by atoms with van der Waals surface area (Å²) in [7, 11) is 2.04. The van der Waals surface area contributed by atoms with Crippen molar-refractivity contribution < 1.29 is 9.59 Å². The summed E-state index contributed by atoms with van der Waals surface area (Å²) in [5.74, 6) is -0.0655. The van der Waals surface area contributed by atoms with Crippen molar-refractivity contribution in [1.82, 2.24) is 10.2 Å². The van der Waals surface area contributed by atoms with Gasteiger partial charge in [0.05, 0.1) is 12.5 Å². The highest BCUT2D eigenvalue weighted by molar-refractivity contribution is 5.99. The Labute approximate surface area is 126 Å². The minimum absolute atomic E-state index is 0.00508. The van der Waals surface area contributed by atoms with E-state index in [0.29, 0.717) is 5.56 Å². The summed E-state index contributed by atoms with van der Waals surface area (Å²) < 4.78 is 0. The Hall–Kier alpha value is -1.68. The molecule has 4 nitrogen and oxygen atoms in total. The van der Waals surface area contributed by atoms with Crippen molar-refractivity contribution in [2.75, 3.05) is 20.1 Å². The normalized spacial score (nSPS) is 22.8. The van der Waals surface area contributed by atoms with Crippen LogP contribution in [0.1, 0.15) is 35.7 Å². The molecule has 0 unspecified atom stereocenters. The van der Waals surface area contributed by atoms with E-state index in [-0.39, 0.29) is 30.2 Å². The van der Waals surface area contributed by atoms with Crippen LogP contribution in [-0.4, -0.2) is 42.8 Å². The Morgan fingerprint density at radius 3 is 2.62 bits per heavy atom. The molecule has 1 aromatic rings. The summed E-state index contributed by atoms with van der Waals surface area (Å²) in [5, 5.41) is 2.80. The van der Waals surface area contributed by atoms with Gasteiger partial charge < -0.3 is 10.2 Å². The van der Waals surface area contributed by atoms with Crippen LogP contribution in [0.3, 0.4) is 0 Å². The number of piperidine rings is 1. The van der Waals surface area contributed by atoms with E-state index in [1.54, 1.807) is 12.1 Å². The number of benzene rings is 1. The highest BCUT2D eigenvalue weighted by atomic mass is 16.2. The molecule has 4 heteroatoms. The van der Waals surface area contributed by atoms with Gasteiger partial charge in [-0.3, -0.25) is 9.59 Å². The number of Topliss-reactive ketones (excluding diaryl/α,β-unsaturated/α-hetero) is 1. The van der Waals surface area contributed by atoms with Crippen LogP contribution in [0.2, 0.25) is 0 Å². The number of carbonyl (C=O) groups is 2. The van der Waals surface area contributed by atoms with Gasteiger partial charge in [-0.2, -0.15) is 0 Å². The first-order valence-corrected chi connectivity index (χ1v) is 7.57. The third kappa shape index (κ3) is 3.91. The third-order valence-electron chi connectivity index (χ3n) is 4.44. The van der Waals surface area contributed by atoms with Crippen molar-refractivity contribution in [3.8, 4) is 0 Å². The Balaban J connectivity index is 1.88. The maximum absolute atomic E-state index is 12.3. The van der Waals surface area contributed by atoms with Gasteiger partial charge in [-0.1, -0.05) is 29.8 Å². The quantitative estimate of drug-likeness (QED) is 0.862. The van der Waals surface area contributed by atoms with Crippen LogP contribution < -0.4 is 5.32 Å². The molecule has 21 heavy (non-hydrogen) atoms. The number of likely N-dealkylation sites (tertiary alicyclic amines) is 1. The summed E-state index contributed by atoms with van der Waals surface area (Å²) >= 11 is 0. The molecule has 1 heterocycles. The van der Waals surface area contributed by atoms with Crippen LogP contribution in [-0.2, 0) is 4.79 Å². The van der Waals surface area contributed by atoms with Gasteiger partial charge in [-0.05, 0) is 40.3 Å². The van der Waals surface area contributed by atoms with E-state index in [1.807, 2.05) is 26.1 Å². The standard InChI is InChI=1S/C17H24N2O2/c1-12-6-8-14(9-7-12)16(20)11-18-17(21)15-5-4-10-19(3)13(15)2/h6-9,13,15H,4-5,10-11H2,1-3H3,(H,18,21)/t13-,15-/m1/s1. The predicted octanol–water partition coefficient (Wildman–Crippen LogP) is 2.02. The highest BCUT2D eigenvalue weighted by Crippen LogP contribution is 2.22. The van der Waals surface area contributed by atoms with Crippen LogP contribution in [0.25, 0.3) is 0 Å². The molecule has 0 bridgehead atoms. The van der Waals surface area contributed by atoms with Crippen molar-refractivity contribution in [3.05, 3.63) is 35.4 Å². The fourth-order valence-electron chi connectivity index (χ4n) is 2.80. The average molecular weight is 288 g/mol. The van der Waals surface area contributed by atoms with E-state index in [1.165, 1.54) is 0 Å². The molecular weight excluding hydrogens is 264 g/mol.